The van der Waals surface area contributed by atoms with Gasteiger partial charge >= 0.3 is 0 Å². The molecule has 4 atom stereocenters. The molecule has 26 heavy (non-hydrogen) atoms. The summed E-state index contributed by atoms with van der Waals surface area (Å²) < 4.78 is 0. The van der Waals surface area contributed by atoms with Crippen molar-refractivity contribution in [1.29, 1.82) is 0 Å². The molecule has 2 fully saturated rings. The summed E-state index contributed by atoms with van der Waals surface area (Å²) in [4.78, 5) is 18.7. The molecule has 4 rings (SSSR count). The zero-order chi connectivity index (χ0) is 18.1. The van der Waals surface area contributed by atoms with Crippen molar-refractivity contribution >= 4 is 11.9 Å². The Balaban J connectivity index is 1.33. The van der Waals surface area contributed by atoms with Crippen LogP contribution in [-0.4, -0.2) is 49.0 Å². The van der Waals surface area contributed by atoms with Crippen molar-refractivity contribution in [2.75, 3.05) is 26.2 Å². The lowest BCUT2D eigenvalue weighted by atomic mass is 10.0. The zero-order valence-electron chi connectivity index (χ0n) is 15.9. The van der Waals surface area contributed by atoms with E-state index in [2.05, 4.69) is 41.8 Å². The van der Waals surface area contributed by atoms with E-state index in [9.17, 15) is 4.79 Å². The van der Waals surface area contributed by atoms with Crippen LogP contribution in [0.5, 0.6) is 0 Å². The fourth-order valence-corrected chi connectivity index (χ4v) is 4.77. The highest BCUT2D eigenvalue weighted by molar-refractivity contribution is 5.80. The van der Waals surface area contributed by atoms with Crippen LogP contribution in [0.3, 0.4) is 0 Å². The van der Waals surface area contributed by atoms with Crippen molar-refractivity contribution in [3.05, 3.63) is 35.4 Å². The first-order chi connectivity index (χ1) is 12.7. The molecule has 2 N–H and O–H groups in total. The van der Waals surface area contributed by atoms with Crippen molar-refractivity contribution in [2.45, 2.75) is 45.1 Å². The number of guanidine groups is 1. The maximum atomic E-state index is 11.9. The molecule has 1 aromatic rings. The normalized spacial score (nSPS) is 29.3. The molecule has 2 aliphatic carbocycles. The van der Waals surface area contributed by atoms with Gasteiger partial charge in [0.25, 0.3) is 0 Å². The van der Waals surface area contributed by atoms with Crippen LogP contribution in [0.2, 0.25) is 0 Å². The molecule has 0 radical (unpaired) electrons. The number of amides is 1. The minimum absolute atomic E-state index is 0.251. The Morgan fingerprint density at radius 2 is 2.15 bits per heavy atom. The number of fused-ring (bicyclic) bond motifs is 3. The molecule has 0 aromatic heterocycles. The van der Waals surface area contributed by atoms with Gasteiger partial charge in [0.1, 0.15) is 0 Å². The van der Waals surface area contributed by atoms with Crippen molar-refractivity contribution in [3.63, 3.8) is 0 Å². The number of nitrogens with zero attached hydrogens (tertiary/aromatic N) is 2. The number of rotatable bonds is 5. The Morgan fingerprint density at radius 3 is 2.96 bits per heavy atom. The largest absolute Gasteiger partial charge is 0.357 e. The summed E-state index contributed by atoms with van der Waals surface area (Å²) in [5.41, 5.74) is 3.10. The minimum atomic E-state index is 0.251. The number of aliphatic imine (C=N–C) groups is 1. The van der Waals surface area contributed by atoms with E-state index < -0.39 is 0 Å². The minimum Gasteiger partial charge on any atom is -0.357 e. The lowest BCUT2D eigenvalue weighted by Gasteiger charge is -2.18. The molecule has 5 heteroatoms. The number of hydrogen-bond donors (Lipinski definition) is 2. The van der Waals surface area contributed by atoms with Crippen molar-refractivity contribution in [1.82, 2.24) is 15.5 Å². The lowest BCUT2D eigenvalue weighted by Crippen LogP contribution is -2.45. The molecule has 1 aliphatic heterocycles. The Kier molecular flexibility index (Phi) is 4.88. The fraction of sp³-hybridized carbons (Fsp3) is 0.619. The number of likely N-dealkylation sites (tertiary alicyclic amines) is 1. The molecule has 3 aliphatic rings. The summed E-state index contributed by atoms with van der Waals surface area (Å²) in [6.07, 6.45) is 2.81. The van der Waals surface area contributed by atoms with Crippen LogP contribution >= 0.6 is 0 Å². The van der Waals surface area contributed by atoms with Gasteiger partial charge in [0.15, 0.2) is 5.96 Å². The second kappa shape index (κ2) is 7.29. The van der Waals surface area contributed by atoms with Crippen molar-refractivity contribution in [3.8, 4) is 0 Å². The number of carbonyl (C=O) groups excluding carboxylic acids is 1. The molecular formula is C21H30N4O. The van der Waals surface area contributed by atoms with Gasteiger partial charge < -0.3 is 15.5 Å². The summed E-state index contributed by atoms with van der Waals surface area (Å²) in [5.74, 6) is 3.37. The average Bonchev–Trinajstić information content (AvgIpc) is 2.99. The molecule has 140 valence electrons. The second-order valence-electron chi connectivity index (χ2n) is 7.80. The summed E-state index contributed by atoms with van der Waals surface area (Å²) in [6.45, 7) is 7.42. The van der Waals surface area contributed by atoms with E-state index in [4.69, 9.17) is 4.99 Å². The van der Waals surface area contributed by atoms with Crippen molar-refractivity contribution < 1.29 is 4.79 Å². The molecule has 1 aromatic carbocycles. The first kappa shape index (κ1) is 17.4. The molecule has 1 amide bonds. The van der Waals surface area contributed by atoms with Gasteiger partial charge in [-0.2, -0.15) is 0 Å². The Labute approximate surface area is 156 Å². The third-order valence-corrected chi connectivity index (χ3v) is 6.19. The molecule has 1 saturated carbocycles. The van der Waals surface area contributed by atoms with Crippen LogP contribution < -0.4 is 10.6 Å². The topological polar surface area (TPSA) is 56.7 Å². The third kappa shape index (κ3) is 3.31. The molecular weight excluding hydrogens is 324 g/mol. The molecule has 1 heterocycles. The van der Waals surface area contributed by atoms with E-state index in [0.717, 1.165) is 50.4 Å². The van der Waals surface area contributed by atoms with Gasteiger partial charge in [-0.3, -0.25) is 9.79 Å². The van der Waals surface area contributed by atoms with E-state index in [-0.39, 0.29) is 5.91 Å². The Morgan fingerprint density at radius 1 is 1.31 bits per heavy atom. The molecule has 1 saturated heterocycles. The molecule has 0 spiro atoms. The Bertz CT molecular complexity index is 701. The van der Waals surface area contributed by atoms with Gasteiger partial charge in [-0.1, -0.05) is 31.2 Å². The van der Waals surface area contributed by atoms with Crippen LogP contribution in [0.25, 0.3) is 0 Å². The van der Waals surface area contributed by atoms with Gasteiger partial charge in [0.2, 0.25) is 5.91 Å². The van der Waals surface area contributed by atoms with Crippen LogP contribution in [0.1, 0.15) is 43.7 Å². The lowest BCUT2D eigenvalue weighted by molar-refractivity contribution is -0.129. The SMILES string of the molecule is CCNC(=NCC1C2Cc3ccccc3C12)NC1CCN(C(=O)CC)C1. The average molecular weight is 354 g/mol. The highest BCUT2D eigenvalue weighted by atomic mass is 16.2. The number of benzene rings is 1. The third-order valence-electron chi connectivity index (χ3n) is 6.19. The number of nitrogens with one attached hydrogen (secondary N) is 2. The first-order valence-electron chi connectivity index (χ1n) is 10.1. The first-order valence-corrected chi connectivity index (χ1v) is 10.1. The maximum absolute atomic E-state index is 11.9. The number of carbonyl (C=O) groups is 1. The summed E-state index contributed by atoms with van der Waals surface area (Å²) in [7, 11) is 0. The smallest absolute Gasteiger partial charge is 0.222 e. The predicted molar refractivity (Wildman–Crippen MR) is 104 cm³/mol. The van der Waals surface area contributed by atoms with Crippen LogP contribution in [0.15, 0.2) is 29.3 Å². The summed E-state index contributed by atoms with van der Waals surface area (Å²) >= 11 is 0. The molecule has 4 unspecified atom stereocenters. The van der Waals surface area contributed by atoms with E-state index in [1.54, 1.807) is 11.1 Å². The van der Waals surface area contributed by atoms with Crippen LogP contribution in [0, 0.1) is 11.8 Å². The highest BCUT2D eigenvalue weighted by Crippen LogP contribution is 2.61. The van der Waals surface area contributed by atoms with E-state index >= 15 is 0 Å². The molecule has 0 bridgehead atoms. The van der Waals surface area contributed by atoms with Crippen molar-refractivity contribution in [2.24, 2.45) is 16.8 Å². The van der Waals surface area contributed by atoms with Gasteiger partial charge in [-0.05, 0) is 48.6 Å². The van der Waals surface area contributed by atoms with Gasteiger partial charge in [0, 0.05) is 38.6 Å². The van der Waals surface area contributed by atoms with Crippen LogP contribution in [-0.2, 0) is 11.2 Å². The quantitative estimate of drug-likeness (QED) is 0.629. The predicted octanol–water partition coefficient (Wildman–Crippen LogP) is 2.14. The fourth-order valence-electron chi connectivity index (χ4n) is 4.77. The monoisotopic (exact) mass is 354 g/mol. The zero-order valence-corrected chi connectivity index (χ0v) is 15.9. The standard InChI is InChI=1S/C21H30N4O/c1-3-19(26)25-10-9-15(13-25)24-21(22-4-2)23-12-18-17-11-14-7-5-6-8-16(14)20(17)18/h5-8,15,17-18,20H,3-4,9-13H2,1-2H3,(H2,22,23,24). The van der Waals surface area contributed by atoms with Crippen LogP contribution in [0.4, 0.5) is 0 Å². The van der Waals surface area contributed by atoms with Gasteiger partial charge in [-0.15, -0.1) is 0 Å². The van der Waals surface area contributed by atoms with Gasteiger partial charge in [0.05, 0.1) is 0 Å². The maximum Gasteiger partial charge on any atom is 0.222 e. The van der Waals surface area contributed by atoms with Gasteiger partial charge in [-0.25, -0.2) is 0 Å². The summed E-state index contributed by atoms with van der Waals surface area (Å²) in [6, 6.07) is 9.19. The van der Waals surface area contributed by atoms with E-state index in [1.165, 1.54) is 6.42 Å². The highest BCUT2D eigenvalue weighted by Gasteiger charge is 2.54. The summed E-state index contributed by atoms with van der Waals surface area (Å²) in [5, 5.41) is 6.91. The van der Waals surface area contributed by atoms with E-state index in [1.807, 2.05) is 11.8 Å². The van der Waals surface area contributed by atoms with E-state index in [0.29, 0.717) is 18.4 Å². The number of hydrogen-bond acceptors (Lipinski definition) is 2. The Hall–Kier alpha value is -2.04. The second-order valence-corrected chi connectivity index (χ2v) is 7.80. The molecule has 5 nitrogen and oxygen atoms in total.